The number of benzene rings is 2. The average Bonchev–Trinajstić information content (AvgIpc) is 2.72. The molecule has 485 valence electrons. The van der Waals surface area contributed by atoms with Crippen LogP contribution >= 0.6 is 11.6 Å². The van der Waals surface area contributed by atoms with Gasteiger partial charge < -0.3 is 37.0 Å². The summed E-state index contributed by atoms with van der Waals surface area (Å²) < 4.78 is 110. The standard InChI is InChI=1S/C13H19NO.C13H17NO.2C12H15F3N2O.C6H3ClF3N.C6H13NO.CH4.B.Na.H2.H/c2*1-11-9-14(8-7-13(11)15)10-12-5-3-2-4-6-12;2*1-8-7-17(5-4-10(8)18)11-3-2-9(6-16-11)12(13,14)15;7-5-2-1-4(3-11-5)6(8,9)10;1-5-4-7-3-2-6(5)8;;;;;/h2-6,11,13,15H,7-10H2,1H3;2-6,11H,7-10H2,1H3;2*2-3,6,8,10,18H,4-5,7H2,1H3;1-3H;5-8H,2-4H2,1H3;1H4;;;1H;/q;;;;;;;;+1;;-1/t;;8-,10+;8-,10-;;;;;;;/m..00......./s1. The molecule has 0 amide bonds. The Bertz CT molecular complexity index is 2630. The van der Waals surface area contributed by atoms with Crippen LogP contribution < -0.4 is 44.7 Å². The zero-order chi connectivity index (χ0) is 62.5. The molecule has 5 unspecified atom stereocenters. The predicted molar refractivity (Wildman–Crippen MR) is 327 cm³/mol. The molecule has 5 fully saturated rings. The summed E-state index contributed by atoms with van der Waals surface area (Å²) >= 11 is 5.28. The van der Waals surface area contributed by atoms with E-state index in [1.807, 2.05) is 42.7 Å². The van der Waals surface area contributed by atoms with E-state index >= 15 is 0 Å². The fourth-order valence-electron chi connectivity index (χ4n) is 9.99. The minimum Gasteiger partial charge on any atom is -1.00 e. The van der Waals surface area contributed by atoms with Gasteiger partial charge in [0, 0.05) is 113 Å². The normalized spacial score (nSPS) is 24.1. The first-order valence-corrected chi connectivity index (χ1v) is 29.2. The van der Waals surface area contributed by atoms with Crippen LogP contribution in [0.5, 0.6) is 0 Å². The van der Waals surface area contributed by atoms with Crippen molar-refractivity contribution in [2.75, 3.05) is 75.2 Å². The van der Waals surface area contributed by atoms with Gasteiger partial charge in [-0.2, -0.15) is 39.5 Å². The Morgan fingerprint density at radius 3 is 1.25 bits per heavy atom. The number of piperidine rings is 5. The Balaban J connectivity index is 0.00000106. The average molecular weight is 1280 g/mol. The number of likely N-dealkylation sites (tertiary alicyclic amines) is 2. The van der Waals surface area contributed by atoms with Gasteiger partial charge in [-0.05, 0) is 103 Å². The molecule has 10 rings (SSSR count). The van der Waals surface area contributed by atoms with Crippen LogP contribution in [0.2, 0.25) is 5.15 Å². The van der Waals surface area contributed by atoms with E-state index in [2.05, 4.69) is 92.4 Å². The number of Topliss-reactive ketones (excluding diaryl/α,β-unsaturated/α-hetero) is 1. The Morgan fingerprint density at radius 1 is 0.534 bits per heavy atom. The summed E-state index contributed by atoms with van der Waals surface area (Å²) in [5.74, 6) is 2.74. The van der Waals surface area contributed by atoms with Crippen molar-refractivity contribution < 1.29 is 97.1 Å². The van der Waals surface area contributed by atoms with Crippen LogP contribution in [0.1, 0.15) is 105 Å². The van der Waals surface area contributed by atoms with Crippen LogP contribution in [0.25, 0.3) is 0 Å². The molecule has 0 aliphatic carbocycles. The van der Waals surface area contributed by atoms with Gasteiger partial charge in [0.05, 0.1) is 41.1 Å². The van der Waals surface area contributed by atoms with Gasteiger partial charge >= 0.3 is 48.1 Å². The minimum atomic E-state index is -4.35. The van der Waals surface area contributed by atoms with E-state index in [9.17, 15) is 59.6 Å². The summed E-state index contributed by atoms with van der Waals surface area (Å²) in [4.78, 5) is 30.9. The second-order valence-corrected chi connectivity index (χ2v) is 23.0. The summed E-state index contributed by atoms with van der Waals surface area (Å²) in [5.41, 5.74) is 0.426. The van der Waals surface area contributed by atoms with Gasteiger partial charge in [0.1, 0.15) is 22.6 Å². The van der Waals surface area contributed by atoms with Crippen molar-refractivity contribution in [3.63, 3.8) is 0 Å². The number of halogens is 10. The largest absolute Gasteiger partial charge is 1.00 e. The van der Waals surface area contributed by atoms with Crippen molar-refractivity contribution in [2.45, 2.75) is 130 Å². The zero-order valence-corrected chi connectivity index (χ0v) is 53.1. The first-order valence-electron chi connectivity index (χ1n) is 28.8. The molecule has 13 nitrogen and oxygen atoms in total. The first-order chi connectivity index (χ1) is 40.1. The number of pyridine rings is 3. The maximum Gasteiger partial charge on any atom is 1.00 e. The molecule has 5 N–H and O–H groups in total. The number of aliphatic hydroxyl groups is 4. The minimum absolute atomic E-state index is 0. The van der Waals surface area contributed by atoms with Gasteiger partial charge in [0.25, 0.3) is 0 Å². The third-order valence-corrected chi connectivity index (χ3v) is 15.7. The van der Waals surface area contributed by atoms with E-state index in [1.165, 1.54) is 23.3 Å². The topological polar surface area (TPSA) is 162 Å². The van der Waals surface area contributed by atoms with E-state index in [0.717, 1.165) is 102 Å². The van der Waals surface area contributed by atoms with Gasteiger partial charge in [0.15, 0.2) is 0 Å². The number of carbonyl (C=O) groups excluding carboxylic acids is 1. The monoisotopic (exact) mass is 1280 g/mol. The summed E-state index contributed by atoms with van der Waals surface area (Å²) in [6.45, 7) is 20.3. The molecule has 0 spiro atoms. The summed E-state index contributed by atoms with van der Waals surface area (Å²) in [6.07, 6.45) is -7.69. The van der Waals surface area contributed by atoms with E-state index in [-0.39, 0.29) is 95.6 Å². The van der Waals surface area contributed by atoms with Crippen molar-refractivity contribution in [1.29, 1.82) is 0 Å². The van der Waals surface area contributed by atoms with E-state index in [0.29, 0.717) is 80.9 Å². The fraction of sp³-hybridized carbons (Fsp3) is 0.556. The van der Waals surface area contributed by atoms with Crippen molar-refractivity contribution in [1.82, 2.24) is 30.1 Å². The number of aliphatic hydroxyl groups excluding tert-OH is 4. The maximum absolute atomic E-state index is 12.4. The third kappa shape index (κ3) is 27.6. The van der Waals surface area contributed by atoms with Crippen LogP contribution in [0.3, 0.4) is 0 Å². The molecule has 88 heavy (non-hydrogen) atoms. The number of aromatic nitrogens is 3. The van der Waals surface area contributed by atoms with Gasteiger partial charge in [0.2, 0.25) is 0 Å². The van der Waals surface area contributed by atoms with Crippen molar-refractivity contribution in [3.8, 4) is 0 Å². The van der Waals surface area contributed by atoms with Crippen LogP contribution in [-0.2, 0) is 36.4 Å². The molecule has 3 aromatic heterocycles. The van der Waals surface area contributed by atoms with Crippen molar-refractivity contribution in [2.24, 2.45) is 29.6 Å². The van der Waals surface area contributed by atoms with Gasteiger partial charge in [-0.3, -0.25) is 14.6 Å². The second-order valence-electron chi connectivity index (χ2n) is 22.7. The summed E-state index contributed by atoms with van der Waals surface area (Å²) in [7, 11) is 0. The number of rotatable bonds is 6. The van der Waals surface area contributed by atoms with E-state index < -0.39 is 35.2 Å². The van der Waals surface area contributed by atoms with E-state index in [4.69, 9.17) is 16.7 Å². The number of ketones is 1. The zero-order valence-electron chi connectivity index (χ0n) is 51.4. The molecule has 5 aliphatic rings. The molecule has 8 heterocycles. The fourth-order valence-corrected chi connectivity index (χ4v) is 10.1. The van der Waals surface area contributed by atoms with Gasteiger partial charge in [-0.1, -0.05) is 114 Å². The third-order valence-electron chi connectivity index (χ3n) is 15.5. The van der Waals surface area contributed by atoms with Gasteiger partial charge in [-0.15, -0.1) is 0 Å². The molecular formula is C63H89BClF9N8NaO5. The summed E-state index contributed by atoms with van der Waals surface area (Å²) in [5, 5.41) is 41.2. The van der Waals surface area contributed by atoms with Crippen LogP contribution in [0.15, 0.2) is 116 Å². The Morgan fingerprint density at radius 2 is 0.920 bits per heavy atom. The number of hydrogen-bond acceptors (Lipinski definition) is 13. The van der Waals surface area contributed by atoms with E-state index in [1.54, 1.807) is 0 Å². The molecule has 2 aromatic carbocycles. The maximum atomic E-state index is 12.4. The molecular weight excluding hydrogens is 1190 g/mol. The molecule has 5 aromatic rings. The number of carbonyl (C=O) groups is 1. The van der Waals surface area contributed by atoms with Gasteiger partial charge in [-0.25, -0.2) is 15.0 Å². The molecule has 25 heteroatoms. The van der Waals surface area contributed by atoms with Crippen LogP contribution in [0.4, 0.5) is 51.1 Å². The number of anilines is 2. The quantitative estimate of drug-likeness (QED) is 0.0624. The van der Waals surface area contributed by atoms with Crippen molar-refractivity contribution in [3.05, 3.63) is 149 Å². The Hall–Kier alpha value is -4.40. The van der Waals surface area contributed by atoms with Crippen LogP contribution in [0, 0.1) is 29.6 Å². The number of alkyl halides is 9. The van der Waals surface area contributed by atoms with Crippen molar-refractivity contribution >= 4 is 37.4 Å². The predicted octanol–water partition coefficient (Wildman–Crippen LogP) is 8.95. The molecule has 5 aliphatic heterocycles. The van der Waals surface area contributed by atoms with Crippen LogP contribution in [-0.4, -0.2) is 149 Å². The molecule has 5 saturated heterocycles. The molecule has 0 saturated carbocycles. The number of hydrogen-bond donors (Lipinski definition) is 5. The Labute approximate surface area is 545 Å². The number of nitrogens with zero attached hydrogens (tertiary/aromatic N) is 7. The first kappa shape index (κ1) is 79.7. The second kappa shape index (κ2) is 38.5. The number of nitrogens with one attached hydrogen (secondary N) is 1. The SMILES string of the molecule is C.CC1CN(Cc2ccccc2)CCC1=O.CC1CN(Cc2ccccc2)CCC1O.CC1CNCCC1O.C[C@H]1CN(c2ccc(C(F)(F)F)cn2)CC[C@@H]1O.C[C@H]1CN(c2ccc(C(F)(F)F)cn2)CC[C@H]1O.FC(F)(F)c1ccc(Cl)nc1.[B].[H-].[HH].[Na+]. The molecule has 0 bridgehead atoms. The molecule has 9 atom stereocenters. The molecule has 3 radical (unpaired) electrons. The summed E-state index contributed by atoms with van der Waals surface area (Å²) in [6, 6.07) is 27.8. The Kier molecular flexibility index (Phi) is 34.8. The smallest absolute Gasteiger partial charge is 1.00 e.